The fourth-order valence-corrected chi connectivity index (χ4v) is 2.57. The Morgan fingerprint density at radius 3 is 2.32 bits per heavy atom. The van der Waals surface area contributed by atoms with E-state index in [2.05, 4.69) is 44.3 Å². The molecule has 0 aliphatic heterocycles. The van der Waals surface area contributed by atoms with E-state index in [1.165, 1.54) is 56.3 Å². The van der Waals surface area contributed by atoms with Gasteiger partial charge < -0.3 is 5.32 Å². The van der Waals surface area contributed by atoms with Crippen molar-refractivity contribution in [1.29, 1.82) is 0 Å². The maximum absolute atomic E-state index is 3.47. The summed E-state index contributed by atoms with van der Waals surface area (Å²) >= 11 is 0. The van der Waals surface area contributed by atoms with Crippen LogP contribution in [0.5, 0.6) is 0 Å². The van der Waals surface area contributed by atoms with E-state index in [9.17, 15) is 0 Å². The summed E-state index contributed by atoms with van der Waals surface area (Å²) in [4.78, 5) is 0. The molecule has 108 valence electrons. The van der Waals surface area contributed by atoms with Crippen molar-refractivity contribution < 1.29 is 0 Å². The Hall–Kier alpha value is -0.820. The van der Waals surface area contributed by atoms with Crippen LogP contribution in [0.4, 0.5) is 0 Å². The van der Waals surface area contributed by atoms with E-state index in [0.717, 1.165) is 12.8 Å². The number of hydrogen-bond donors (Lipinski definition) is 1. The van der Waals surface area contributed by atoms with Gasteiger partial charge in [0.1, 0.15) is 0 Å². The maximum Gasteiger partial charge on any atom is -0.00489 e. The molecule has 0 aromatic heterocycles. The number of rotatable bonds is 10. The zero-order chi connectivity index (χ0) is 13.9. The second-order valence-electron chi connectivity index (χ2n) is 5.37. The largest absolute Gasteiger partial charge is 0.317 e. The fraction of sp³-hybridized carbons (Fsp3) is 0.667. The molecular weight excluding hydrogens is 230 g/mol. The molecule has 1 rings (SSSR count). The first kappa shape index (κ1) is 16.2. The van der Waals surface area contributed by atoms with Gasteiger partial charge in [0, 0.05) is 0 Å². The van der Waals surface area contributed by atoms with Crippen molar-refractivity contribution in [3.63, 3.8) is 0 Å². The minimum Gasteiger partial charge on any atom is -0.317 e. The third kappa shape index (κ3) is 6.24. The normalized spacial score (nSPS) is 10.9. The Balaban J connectivity index is 2.26. The van der Waals surface area contributed by atoms with Crippen molar-refractivity contribution in [2.75, 3.05) is 13.1 Å². The minimum atomic E-state index is 1.16. The van der Waals surface area contributed by atoms with Crippen LogP contribution in [0.15, 0.2) is 18.2 Å². The van der Waals surface area contributed by atoms with E-state index in [1.54, 1.807) is 5.56 Å². The molecule has 0 heterocycles. The molecule has 0 spiro atoms. The Kier molecular flexibility index (Phi) is 8.57. The quantitative estimate of drug-likeness (QED) is 0.610. The Morgan fingerprint density at radius 2 is 1.63 bits per heavy atom. The van der Waals surface area contributed by atoms with Crippen molar-refractivity contribution >= 4 is 0 Å². The summed E-state index contributed by atoms with van der Waals surface area (Å²) in [6.07, 6.45) is 8.78. The first-order chi connectivity index (χ1) is 9.31. The molecule has 1 N–H and O–H groups in total. The van der Waals surface area contributed by atoms with Crippen LogP contribution in [0.25, 0.3) is 0 Å². The van der Waals surface area contributed by atoms with Crippen molar-refractivity contribution in [1.82, 2.24) is 5.32 Å². The smallest absolute Gasteiger partial charge is 0.00489 e. The average molecular weight is 261 g/mol. The number of benzene rings is 1. The molecule has 0 bridgehead atoms. The van der Waals surface area contributed by atoms with E-state index in [0.29, 0.717) is 0 Å². The summed E-state index contributed by atoms with van der Waals surface area (Å²) in [7, 11) is 0. The molecule has 1 aromatic rings. The van der Waals surface area contributed by atoms with Gasteiger partial charge in [-0.05, 0) is 68.3 Å². The van der Waals surface area contributed by atoms with Crippen LogP contribution in [0.3, 0.4) is 0 Å². The molecule has 0 fully saturated rings. The third-order valence-electron chi connectivity index (χ3n) is 3.78. The SMILES string of the molecule is CCCNCCCCCc1ccc(CC)c(CC)c1. The maximum atomic E-state index is 3.47. The van der Waals surface area contributed by atoms with Gasteiger partial charge in [0.15, 0.2) is 0 Å². The van der Waals surface area contributed by atoms with Gasteiger partial charge in [-0.25, -0.2) is 0 Å². The lowest BCUT2D eigenvalue weighted by atomic mass is 9.97. The molecule has 0 aliphatic rings. The summed E-state index contributed by atoms with van der Waals surface area (Å²) in [5.41, 5.74) is 4.59. The molecule has 0 atom stereocenters. The average Bonchev–Trinajstić information content (AvgIpc) is 2.46. The summed E-state index contributed by atoms with van der Waals surface area (Å²) in [6.45, 7) is 9.08. The molecule has 0 saturated heterocycles. The second kappa shape index (κ2) is 10.0. The van der Waals surface area contributed by atoms with Gasteiger partial charge in [-0.1, -0.05) is 45.4 Å². The van der Waals surface area contributed by atoms with Crippen LogP contribution in [0, 0.1) is 0 Å². The van der Waals surface area contributed by atoms with Crippen LogP contribution in [0.1, 0.15) is 63.1 Å². The van der Waals surface area contributed by atoms with Gasteiger partial charge in [0.05, 0.1) is 0 Å². The van der Waals surface area contributed by atoms with Crippen molar-refractivity contribution in [2.45, 2.75) is 65.7 Å². The van der Waals surface area contributed by atoms with Gasteiger partial charge in [-0.15, -0.1) is 0 Å². The fourth-order valence-electron chi connectivity index (χ4n) is 2.57. The van der Waals surface area contributed by atoms with Gasteiger partial charge >= 0.3 is 0 Å². The van der Waals surface area contributed by atoms with Gasteiger partial charge in [-0.3, -0.25) is 0 Å². The monoisotopic (exact) mass is 261 g/mol. The predicted molar refractivity (Wildman–Crippen MR) is 85.9 cm³/mol. The highest BCUT2D eigenvalue weighted by molar-refractivity contribution is 5.32. The highest BCUT2D eigenvalue weighted by Gasteiger charge is 2.01. The summed E-state index contributed by atoms with van der Waals surface area (Å²) in [6, 6.07) is 7.08. The summed E-state index contributed by atoms with van der Waals surface area (Å²) < 4.78 is 0. The van der Waals surface area contributed by atoms with E-state index in [4.69, 9.17) is 0 Å². The Labute approximate surface area is 119 Å². The first-order valence-electron chi connectivity index (χ1n) is 8.13. The van der Waals surface area contributed by atoms with E-state index >= 15 is 0 Å². The lowest BCUT2D eigenvalue weighted by Gasteiger charge is -2.09. The Morgan fingerprint density at radius 1 is 0.842 bits per heavy atom. The van der Waals surface area contributed by atoms with Crippen LogP contribution in [0.2, 0.25) is 0 Å². The van der Waals surface area contributed by atoms with Crippen molar-refractivity contribution in [3.8, 4) is 0 Å². The molecule has 1 aromatic carbocycles. The highest BCUT2D eigenvalue weighted by Crippen LogP contribution is 2.15. The number of hydrogen-bond acceptors (Lipinski definition) is 1. The lowest BCUT2D eigenvalue weighted by molar-refractivity contribution is 0.599. The van der Waals surface area contributed by atoms with Crippen LogP contribution in [-0.2, 0) is 19.3 Å². The number of unbranched alkanes of at least 4 members (excludes halogenated alkanes) is 2. The summed E-state index contributed by atoms with van der Waals surface area (Å²) in [5, 5.41) is 3.47. The zero-order valence-electron chi connectivity index (χ0n) is 13.1. The standard InChI is InChI=1S/C18H31N/c1-4-13-19-14-9-7-8-10-16-11-12-17(5-2)18(6-3)15-16/h11-12,15,19H,4-10,13-14H2,1-3H3. The molecule has 0 saturated carbocycles. The molecule has 0 amide bonds. The van der Waals surface area contributed by atoms with Crippen molar-refractivity contribution in [3.05, 3.63) is 34.9 Å². The lowest BCUT2D eigenvalue weighted by Crippen LogP contribution is -2.15. The van der Waals surface area contributed by atoms with E-state index in [1.807, 2.05) is 0 Å². The molecular formula is C18H31N. The number of aryl methyl sites for hydroxylation is 3. The summed E-state index contributed by atoms with van der Waals surface area (Å²) in [5.74, 6) is 0. The third-order valence-corrected chi connectivity index (χ3v) is 3.78. The Bertz CT molecular complexity index is 344. The minimum absolute atomic E-state index is 1.16. The molecule has 1 nitrogen and oxygen atoms in total. The van der Waals surface area contributed by atoms with Gasteiger partial charge in [0.25, 0.3) is 0 Å². The van der Waals surface area contributed by atoms with Gasteiger partial charge in [-0.2, -0.15) is 0 Å². The van der Waals surface area contributed by atoms with Crippen LogP contribution >= 0.6 is 0 Å². The van der Waals surface area contributed by atoms with E-state index in [-0.39, 0.29) is 0 Å². The molecule has 0 radical (unpaired) electrons. The van der Waals surface area contributed by atoms with E-state index < -0.39 is 0 Å². The number of nitrogens with one attached hydrogen (secondary N) is 1. The van der Waals surface area contributed by atoms with Crippen LogP contribution < -0.4 is 5.32 Å². The predicted octanol–water partition coefficient (Wildman–Crippen LogP) is 4.52. The second-order valence-corrected chi connectivity index (χ2v) is 5.37. The van der Waals surface area contributed by atoms with Gasteiger partial charge in [0.2, 0.25) is 0 Å². The highest BCUT2D eigenvalue weighted by atomic mass is 14.8. The van der Waals surface area contributed by atoms with Crippen LogP contribution in [-0.4, -0.2) is 13.1 Å². The molecule has 0 aliphatic carbocycles. The van der Waals surface area contributed by atoms with Crippen molar-refractivity contribution in [2.24, 2.45) is 0 Å². The zero-order valence-corrected chi connectivity index (χ0v) is 13.1. The molecule has 0 unspecified atom stereocenters. The molecule has 1 heteroatoms. The molecule has 19 heavy (non-hydrogen) atoms. The topological polar surface area (TPSA) is 12.0 Å². The first-order valence-corrected chi connectivity index (χ1v) is 8.13.